The van der Waals surface area contributed by atoms with Gasteiger partial charge in [-0.3, -0.25) is 0 Å². The van der Waals surface area contributed by atoms with Crippen molar-refractivity contribution < 1.29 is 18.3 Å². The van der Waals surface area contributed by atoms with Crippen LogP contribution in [0.5, 0.6) is 5.75 Å². The fourth-order valence-corrected chi connectivity index (χ4v) is 5.39. The largest absolute Gasteiger partial charge is 0.494 e. The van der Waals surface area contributed by atoms with Gasteiger partial charge in [0.25, 0.3) is 0 Å². The summed E-state index contributed by atoms with van der Waals surface area (Å²) in [6.45, 7) is 2.28. The van der Waals surface area contributed by atoms with Crippen LogP contribution in [0.25, 0.3) is 0 Å². The second kappa shape index (κ2) is 10.00. The van der Waals surface area contributed by atoms with Crippen LogP contribution >= 0.6 is 12.2 Å². The van der Waals surface area contributed by atoms with Crippen molar-refractivity contribution in [2.75, 3.05) is 7.11 Å². The molecule has 0 bridgehead atoms. The van der Waals surface area contributed by atoms with Crippen LogP contribution in [0, 0.1) is 29.4 Å². The highest BCUT2D eigenvalue weighted by molar-refractivity contribution is 7.80. The van der Waals surface area contributed by atoms with Crippen molar-refractivity contribution in [2.24, 2.45) is 17.8 Å². The fraction of sp³-hybridized carbons (Fsp3) is 0.696. The van der Waals surface area contributed by atoms with E-state index in [0.29, 0.717) is 0 Å². The minimum atomic E-state index is -1.02. The van der Waals surface area contributed by atoms with E-state index in [1.807, 2.05) is 0 Å². The highest BCUT2D eigenvalue weighted by Gasteiger charge is 2.32. The standard InChI is InChI=1S/C23H32F2O2S/c1-3-4-15-5-7-16(8-6-15)17-9-11-18(12-10-17)27-23(28)19-13-14-20(26-2)22(25)21(19)24/h13-18H,3-12H2,1-2H3/t15-,16-,17?,18?. The van der Waals surface area contributed by atoms with Gasteiger partial charge >= 0.3 is 0 Å². The molecule has 0 aliphatic heterocycles. The first-order chi connectivity index (χ1) is 13.5. The molecule has 2 fully saturated rings. The number of ether oxygens (including phenoxy) is 2. The highest BCUT2D eigenvalue weighted by atomic mass is 32.1. The van der Waals surface area contributed by atoms with Crippen LogP contribution in [0.1, 0.15) is 76.7 Å². The minimum Gasteiger partial charge on any atom is -0.494 e. The van der Waals surface area contributed by atoms with Crippen molar-refractivity contribution in [3.63, 3.8) is 0 Å². The number of rotatable bonds is 6. The fourth-order valence-electron chi connectivity index (χ4n) is 5.10. The molecule has 28 heavy (non-hydrogen) atoms. The maximum atomic E-state index is 14.2. The Kier molecular flexibility index (Phi) is 7.67. The summed E-state index contributed by atoms with van der Waals surface area (Å²) in [7, 11) is 1.31. The highest BCUT2D eigenvalue weighted by Crippen LogP contribution is 2.41. The van der Waals surface area contributed by atoms with E-state index >= 15 is 0 Å². The molecule has 0 heterocycles. The third-order valence-electron chi connectivity index (χ3n) is 6.73. The average molecular weight is 411 g/mol. The number of hydrogen-bond acceptors (Lipinski definition) is 3. The van der Waals surface area contributed by atoms with E-state index < -0.39 is 11.6 Å². The number of methoxy groups -OCH3 is 1. The Morgan fingerprint density at radius 2 is 1.57 bits per heavy atom. The molecule has 0 atom stereocenters. The predicted octanol–water partition coefficient (Wildman–Crippen LogP) is 6.83. The van der Waals surface area contributed by atoms with Crippen LogP contribution in [0.2, 0.25) is 0 Å². The molecule has 3 rings (SSSR count). The summed E-state index contributed by atoms with van der Waals surface area (Å²) < 4.78 is 38.8. The zero-order valence-electron chi connectivity index (χ0n) is 17.0. The van der Waals surface area contributed by atoms with Gasteiger partial charge in [-0.2, -0.15) is 4.39 Å². The van der Waals surface area contributed by atoms with E-state index in [1.165, 1.54) is 57.8 Å². The van der Waals surface area contributed by atoms with Gasteiger partial charge in [-0.05, 0) is 80.6 Å². The molecule has 2 aliphatic carbocycles. The number of benzene rings is 1. The summed E-state index contributed by atoms with van der Waals surface area (Å²) in [5.74, 6) is 0.437. The lowest BCUT2D eigenvalue weighted by Gasteiger charge is -2.37. The molecule has 0 N–H and O–H groups in total. The van der Waals surface area contributed by atoms with Crippen molar-refractivity contribution >= 4 is 17.3 Å². The minimum absolute atomic E-state index is 0.00432. The van der Waals surface area contributed by atoms with Crippen molar-refractivity contribution in [3.05, 3.63) is 29.3 Å². The molecule has 1 aromatic carbocycles. The third kappa shape index (κ3) is 5.03. The Balaban J connectivity index is 1.48. The van der Waals surface area contributed by atoms with E-state index in [2.05, 4.69) is 6.92 Å². The molecule has 2 saturated carbocycles. The summed E-state index contributed by atoms with van der Waals surface area (Å²) in [4.78, 5) is 0. The zero-order valence-corrected chi connectivity index (χ0v) is 17.8. The van der Waals surface area contributed by atoms with Crippen molar-refractivity contribution in [1.82, 2.24) is 0 Å². The van der Waals surface area contributed by atoms with Crippen LogP contribution in [-0.4, -0.2) is 18.3 Å². The lowest BCUT2D eigenvalue weighted by molar-refractivity contribution is 0.0870. The van der Waals surface area contributed by atoms with Gasteiger partial charge in [0.2, 0.25) is 5.82 Å². The van der Waals surface area contributed by atoms with Gasteiger partial charge in [-0.25, -0.2) is 4.39 Å². The number of halogens is 2. The summed E-state index contributed by atoms with van der Waals surface area (Å²) in [5, 5.41) is 0.0441. The molecule has 0 unspecified atom stereocenters. The van der Waals surface area contributed by atoms with Crippen LogP contribution in [-0.2, 0) is 4.74 Å². The molecule has 0 spiro atoms. The molecule has 1 aromatic rings. The van der Waals surface area contributed by atoms with Gasteiger partial charge < -0.3 is 9.47 Å². The SMILES string of the molecule is CCC[C@H]1CC[C@H](C2CCC(OC(=S)c3ccc(OC)c(F)c3F)CC2)CC1. The lowest BCUT2D eigenvalue weighted by atomic mass is 9.70. The van der Waals surface area contributed by atoms with Crippen LogP contribution in [0.4, 0.5) is 8.78 Å². The van der Waals surface area contributed by atoms with Gasteiger partial charge in [0.05, 0.1) is 18.8 Å². The second-order valence-electron chi connectivity index (χ2n) is 8.45. The maximum Gasteiger partial charge on any atom is 0.201 e. The molecule has 2 aliphatic rings. The zero-order chi connectivity index (χ0) is 20.1. The van der Waals surface area contributed by atoms with E-state index in [-0.39, 0.29) is 22.5 Å². The Hall–Kier alpha value is -1.23. The molecule has 156 valence electrons. The van der Waals surface area contributed by atoms with Crippen molar-refractivity contribution in [2.45, 2.75) is 77.2 Å². The van der Waals surface area contributed by atoms with E-state index in [0.717, 1.165) is 43.4 Å². The molecule has 2 nitrogen and oxygen atoms in total. The molecular formula is C23H32F2O2S. The Bertz CT molecular complexity index is 663. The molecule has 5 heteroatoms. The summed E-state index contributed by atoms with van der Waals surface area (Å²) in [6, 6.07) is 2.81. The van der Waals surface area contributed by atoms with Crippen LogP contribution in [0.15, 0.2) is 12.1 Å². The van der Waals surface area contributed by atoms with Crippen molar-refractivity contribution in [1.29, 1.82) is 0 Å². The monoisotopic (exact) mass is 410 g/mol. The van der Waals surface area contributed by atoms with Crippen LogP contribution < -0.4 is 4.74 Å². The predicted molar refractivity (Wildman–Crippen MR) is 112 cm³/mol. The lowest BCUT2D eigenvalue weighted by Crippen LogP contribution is -2.29. The quantitative estimate of drug-likeness (QED) is 0.479. The first-order valence-corrected chi connectivity index (χ1v) is 11.2. The number of thiocarbonyl (C=S) groups is 1. The first-order valence-electron chi connectivity index (χ1n) is 10.8. The number of hydrogen-bond donors (Lipinski definition) is 0. The summed E-state index contributed by atoms with van der Waals surface area (Å²) >= 11 is 5.25. The van der Waals surface area contributed by atoms with Gasteiger partial charge in [0.15, 0.2) is 16.6 Å². The molecule has 0 amide bonds. The summed E-state index contributed by atoms with van der Waals surface area (Å²) in [6.07, 6.45) is 12.4. The van der Waals surface area contributed by atoms with Crippen molar-refractivity contribution in [3.8, 4) is 5.75 Å². The molecule has 0 radical (unpaired) electrons. The Labute approximate surface area is 173 Å². The topological polar surface area (TPSA) is 18.5 Å². The van der Waals surface area contributed by atoms with Gasteiger partial charge in [-0.15, -0.1) is 0 Å². The maximum absolute atomic E-state index is 14.2. The van der Waals surface area contributed by atoms with E-state index in [4.69, 9.17) is 21.7 Å². The smallest absolute Gasteiger partial charge is 0.201 e. The van der Waals surface area contributed by atoms with E-state index in [1.54, 1.807) is 0 Å². The summed E-state index contributed by atoms with van der Waals surface area (Å²) in [5.41, 5.74) is 0.00432. The Morgan fingerprint density at radius 1 is 0.964 bits per heavy atom. The van der Waals surface area contributed by atoms with E-state index in [9.17, 15) is 8.78 Å². The van der Waals surface area contributed by atoms with Gasteiger partial charge in [0, 0.05) is 0 Å². The Morgan fingerprint density at radius 3 is 2.14 bits per heavy atom. The molecule has 0 saturated heterocycles. The van der Waals surface area contributed by atoms with Gasteiger partial charge in [0.1, 0.15) is 0 Å². The first kappa shape index (κ1) is 21.5. The van der Waals surface area contributed by atoms with Crippen LogP contribution in [0.3, 0.4) is 0 Å². The molecule has 0 aromatic heterocycles. The van der Waals surface area contributed by atoms with Gasteiger partial charge in [-0.1, -0.05) is 32.6 Å². The average Bonchev–Trinajstić information content (AvgIpc) is 2.71. The molecular weight excluding hydrogens is 378 g/mol. The normalized spacial score (nSPS) is 28.0. The second-order valence-corrected chi connectivity index (χ2v) is 8.83. The third-order valence-corrected chi connectivity index (χ3v) is 7.05.